The number of carboxylic acid groups (broad SMARTS) is 1. The summed E-state index contributed by atoms with van der Waals surface area (Å²) in [4.78, 5) is 25.6. The molecule has 6 heteroatoms. The van der Waals surface area contributed by atoms with Crippen LogP contribution >= 0.6 is 0 Å². The molecular formula is C26H32FNO4. The summed E-state index contributed by atoms with van der Waals surface area (Å²) >= 11 is 0. The third-order valence-electron chi connectivity index (χ3n) is 6.18. The predicted molar refractivity (Wildman–Crippen MR) is 122 cm³/mol. The quantitative estimate of drug-likeness (QED) is 0.556. The maximum Gasteiger partial charge on any atom is 0.303 e. The maximum atomic E-state index is 14.3. The van der Waals surface area contributed by atoms with Crippen molar-refractivity contribution in [3.05, 3.63) is 65.2 Å². The molecule has 32 heavy (non-hydrogen) atoms. The Hall–Kier alpha value is -2.89. The second-order valence-electron chi connectivity index (χ2n) is 8.56. The van der Waals surface area contributed by atoms with Gasteiger partial charge < -0.3 is 14.7 Å². The van der Waals surface area contributed by atoms with Crippen molar-refractivity contribution < 1.29 is 23.8 Å². The lowest BCUT2D eigenvalue weighted by molar-refractivity contribution is -0.137. The molecule has 1 heterocycles. The number of ether oxygens (including phenoxy) is 1. The molecule has 1 saturated heterocycles. The number of allylic oxidation sites excluding steroid dienone is 2. The molecule has 0 atom stereocenters. The van der Waals surface area contributed by atoms with Crippen LogP contribution < -0.4 is 4.74 Å². The molecule has 1 aliphatic carbocycles. The van der Waals surface area contributed by atoms with Gasteiger partial charge in [0.1, 0.15) is 18.2 Å². The van der Waals surface area contributed by atoms with Crippen LogP contribution in [0, 0.1) is 11.7 Å². The molecule has 0 spiro atoms. The molecular weight excluding hydrogens is 409 g/mol. The van der Waals surface area contributed by atoms with E-state index in [1.54, 1.807) is 12.1 Å². The van der Waals surface area contributed by atoms with Gasteiger partial charge in [0, 0.05) is 31.0 Å². The Morgan fingerprint density at radius 3 is 2.72 bits per heavy atom. The fourth-order valence-electron chi connectivity index (χ4n) is 4.51. The number of hydrogen-bond donors (Lipinski definition) is 1. The molecule has 1 aromatic carbocycles. The Morgan fingerprint density at radius 2 is 2.06 bits per heavy atom. The first-order chi connectivity index (χ1) is 15.4. The van der Waals surface area contributed by atoms with Crippen molar-refractivity contribution >= 4 is 11.9 Å². The summed E-state index contributed by atoms with van der Waals surface area (Å²) in [5.74, 6) is -0.474. The Kier molecular flexibility index (Phi) is 8.26. The Balaban J connectivity index is 1.73. The lowest BCUT2D eigenvalue weighted by Gasteiger charge is -2.23. The van der Waals surface area contributed by atoms with Crippen molar-refractivity contribution in [1.82, 2.24) is 4.90 Å². The van der Waals surface area contributed by atoms with E-state index in [-0.39, 0.29) is 25.4 Å². The fraction of sp³-hybridized carbons (Fsp3) is 0.462. The van der Waals surface area contributed by atoms with Gasteiger partial charge in [0.25, 0.3) is 0 Å². The Morgan fingerprint density at radius 1 is 1.31 bits per heavy atom. The van der Waals surface area contributed by atoms with Gasteiger partial charge in [-0.2, -0.15) is 0 Å². The Bertz CT molecular complexity index is 928. The normalized spacial score (nSPS) is 18.6. The molecule has 2 aliphatic rings. The van der Waals surface area contributed by atoms with Crippen LogP contribution in [0.15, 0.2) is 53.8 Å². The first kappa shape index (κ1) is 23.8. The standard InChI is InChI=1S/C26H32FNO4/c1-3-6-21(17-32-22-11-9-20(23(27)16-22)10-12-25(30)31)26-18(2)13-14-28(26)24(29)15-19-7-4-5-8-19/h3,6,9,11,16,19H,2,4-5,7-8,10,12-15,17H2,1H3,(H,30,31)/b6-3-,26-21-. The van der Waals surface area contributed by atoms with Gasteiger partial charge in [-0.1, -0.05) is 37.6 Å². The third kappa shape index (κ3) is 6.09. The number of benzene rings is 1. The minimum atomic E-state index is -0.962. The molecule has 1 N–H and O–H groups in total. The van der Waals surface area contributed by atoms with E-state index < -0.39 is 11.8 Å². The van der Waals surface area contributed by atoms with Crippen LogP contribution in [0.5, 0.6) is 5.75 Å². The number of carbonyl (C=O) groups is 2. The van der Waals surface area contributed by atoms with Crippen LogP contribution in [-0.2, 0) is 16.0 Å². The minimum Gasteiger partial charge on any atom is -0.489 e. The lowest BCUT2D eigenvalue weighted by Crippen LogP contribution is -2.29. The number of carbonyl (C=O) groups excluding carboxylic acids is 1. The van der Waals surface area contributed by atoms with Crippen molar-refractivity contribution in [2.24, 2.45) is 5.92 Å². The molecule has 0 unspecified atom stereocenters. The summed E-state index contributed by atoms with van der Waals surface area (Å²) in [6.07, 6.45) is 9.79. The zero-order chi connectivity index (χ0) is 23.1. The number of aryl methyl sites for hydroxylation is 1. The highest BCUT2D eigenvalue weighted by Crippen LogP contribution is 2.34. The molecule has 1 aliphatic heterocycles. The number of nitrogens with zero attached hydrogens (tertiary/aromatic N) is 1. The SMILES string of the molecule is C=C1CCN(C(=O)CC2CCCC2)/C1=C(/C=C\C)COc1ccc(CCC(=O)O)c(F)c1. The van der Waals surface area contributed by atoms with Crippen LogP contribution in [0.25, 0.3) is 0 Å². The van der Waals surface area contributed by atoms with E-state index in [4.69, 9.17) is 9.84 Å². The highest BCUT2D eigenvalue weighted by atomic mass is 19.1. The van der Waals surface area contributed by atoms with Crippen LogP contribution in [0.4, 0.5) is 4.39 Å². The predicted octanol–water partition coefficient (Wildman–Crippen LogP) is 5.42. The average Bonchev–Trinajstić information content (AvgIpc) is 3.40. The van der Waals surface area contributed by atoms with Gasteiger partial charge in [-0.3, -0.25) is 9.59 Å². The van der Waals surface area contributed by atoms with E-state index in [1.807, 2.05) is 24.0 Å². The second kappa shape index (κ2) is 11.1. The van der Waals surface area contributed by atoms with E-state index in [2.05, 4.69) is 6.58 Å². The van der Waals surface area contributed by atoms with Gasteiger partial charge >= 0.3 is 5.97 Å². The third-order valence-corrected chi connectivity index (χ3v) is 6.18. The average molecular weight is 442 g/mol. The molecule has 1 aromatic rings. The van der Waals surface area contributed by atoms with Crippen LogP contribution in [0.3, 0.4) is 0 Å². The van der Waals surface area contributed by atoms with Gasteiger partial charge in [0.2, 0.25) is 5.91 Å². The van der Waals surface area contributed by atoms with E-state index >= 15 is 0 Å². The topological polar surface area (TPSA) is 66.8 Å². The largest absolute Gasteiger partial charge is 0.489 e. The molecule has 0 aromatic heterocycles. The number of likely N-dealkylation sites (tertiary alicyclic amines) is 1. The number of aliphatic carboxylic acids is 1. The molecule has 1 amide bonds. The molecule has 0 radical (unpaired) electrons. The van der Waals surface area contributed by atoms with Gasteiger partial charge in [-0.15, -0.1) is 0 Å². The molecule has 2 fully saturated rings. The maximum absolute atomic E-state index is 14.3. The highest BCUT2D eigenvalue weighted by Gasteiger charge is 2.30. The van der Waals surface area contributed by atoms with Crippen molar-refractivity contribution in [2.45, 2.75) is 58.3 Å². The van der Waals surface area contributed by atoms with E-state index in [0.29, 0.717) is 30.2 Å². The number of halogens is 1. The number of carboxylic acids is 1. The van der Waals surface area contributed by atoms with Crippen molar-refractivity contribution in [3.63, 3.8) is 0 Å². The molecule has 5 nitrogen and oxygen atoms in total. The molecule has 3 rings (SSSR count). The monoisotopic (exact) mass is 441 g/mol. The Labute approximate surface area is 189 Å². The summed E-state index contributed by atoms with van der Waals surface area (Å²) < 4.78 is 20.2. The molecule has 1 saturated carbocycles. The van der Waals surface area contributed by atoms with Gasteiger partial charge in [-0.25, -0.2) is 4.39 Å². The lowest BCUT2D eigenvalue weighted by atomic mass is 10.0. The summed E-state index contributed by atoms with van der Waals surface area (Å²) in [7, 11) is 0. The molecule has 172 valence electrons. The van der Waals surface area contributed by atoms with Gasteiger partial charge in [-0.05, 0) is 55.7 Å². The number of rotatable bonds is 9. The minimum absolute atomic E-state index is 0.124. The summed E-state index contributed by atoms with van der Waals surface area (Å²) in [5.41, 5.74) is 2.92. The van der Waals surface area contributed by atoms with Crippen LogP contribution in [0.2, 0.25) is 0 Å². The summed E-state index contributed by atoms with van der Waals surface area (Å²) in [5, 5.41) is 8.79. The smallest absolute Gasteiger partial charge is 0.303 e. The van der Waals surface area contributed by atoms with Crippen molar-refractivity contribution in [3.8, 4) is 5.75 Å². The summed E-state index contributed by atoms with van der Waals surface area (Å²) in [6.45, 7) is 6.89. The number of hydrogen-bond acceptors (Lipinski definition) is 3. The zero-order valence-corrected chi connectivity index (χ0v) is 18.7. The first-order valence-corrected chi connectivity index (χ1v) is 11.4. The van der Waals surface area contributed by atoms with Crippen LogP contribution in [0.1, 0.15) is 57.4 Å². The van der Waals surface area contributed by atoms with Crippen LogP contribution in [-0.4, -0.2) is 35.0 Å². The van der Waals surface area contributed by atoms with E-state index in [0.717, 1.165) is 36.1 Å². The van der Waals surface area contributed by atoms with Gasteiger partial charge in [0.05, 0.1) is 5.70 Å². The van der Waals surface area contributed by atoms with E-state index in [9.17, 15) is 14.0 Å². The summed E-state index contributed by atoms with van der Waals surface area (Å²) in [6, 6.07) is 4.48. The first-order valence-electron chi connectivity index (χ1n) is 11.4. The van der Waals surface area contributed by atoms with Crippen molar-refractivity contribution in [2.75, 3.05) is 13.2 Å². The zero-order valence-electron chi connectivity index (χ0n) is 18.7. The fourth-order valence-corrected chi connectivity index (χ4v) is 4.51. The van der Waals surface area contributed by atoms with Crippen molar-refractivity contribution in [1.29, 1.82) is 0 Å². The second-order valence-corrected chi connectivity index (χ2v) is 8.56. The highest BCUT2D eigenvalue weighted by molar-refractivity contribution is 5.80. The van der Waals surface area contributed by atoms with E-state index in [1.165, 1.54) is 18.9 Å². The van der Waals surface area contributed by atoms with Gasteiger partial charge in [0.15, 0.2) is 0 Å². The number of amides is 1. The molecule has 0 bridgehead atoms.